The number of hydrogen-bond donors (Lipinski definition) is 1. The second kappa shape index (κ2) is 8.05. The Bertz CT molecular complexity index is 635. The maximum Gasteiger partial charge on any atom is 0.123 e. The molecule has 2 unspecified atom stereocenters. The number of hydrogen-bond acceptors (Lipinski definition) is 2. The van der Waals surface area contributed by atoms with Crippen molar-refractivity contribution in [2.75, 3.05) is 11.9 Å². The molecule has 0 aliphatic rings. The van der Waals surface area contributed by atoms with Crippen molar-refractivity contribution in [2.24, 2.45) is 0 Å². The van der Waals surface area contributed by atoms with Gasteiger partial charge < -0.3 is 10.1 Å². The molecule has 2 aromatic carbocycles. The van der Waals surface area contributed by atoms with Crippen LogP contribution in [0.4, 0.5) is 5.69 Å². The number of aryl methyl sites for hydroxylation is 2. The van der Waals surface area contributed by atoms with Crippen LogP contribution in [0, 0.1) is 13.8 Å². The Morgan fingerprint density at radius 1 is 1.04 bits per heavy atom. The van der Waals surface area contributed by atoms with Crippen molar-refractivity contribution in [1.82, 2.24) is 0 Å². The molecule has 0 aliphatic heterocycles. The molecule has 0 aromatic heterocycles. The first-order valence-corrected chi connectivity index (χ1v) is 8.58. The van der Waals surface area contributed by atoms with Gasteiger partial charge in [-0.15, -0.1) is 0 Å². The van der Waals surface area contributed by atoms with Crippen LogP contribution in [0.1, 0.15) is 49.8 Å². The fourth-order valence-electron chi connectivity index (χ4n) is 2.65. The third-order valence-corrected chi connectivity index (χ3v) is 4.36. The van der Waals surface area contributed by atoms with E-state index in [1.54, 1.807) is 0 Å². The van der Waals surface area contributed by atoms with E-state index in [4.69, 9.17) is 4.74 Å². The number of ether oxygens (including phenoxy) is 1. The highest BCUT2D eigenvalue weighted by atomic mass is 16.5. The zero-order valence-electron chi connectivity index (χ0n) is 15.0. The van der Waals surface area contributed by atoms with E-state index in [-0.39, 0.29) is 6.10 Å². The lowest BCUT2D eigenvalue weighted by atomic mass is 9.98. The molecule has 2 atom stereocenters. The summed E-state index contributed by atoms with van der Waals surface area (Å²) in [6.45, 7) is 11.6. The third-order valence-electron chi connectivity index (χ3n) is 4.36. The molecule has 124 valence electrons. The fraction of sp³-hybridized carbons (Fsp3) is 0.429. The summed E-state index contributed by atoms with van der Waals surface area (Å²) in [4.78, 5) is 0. The predicted octanol–water partition coefficient (Wildman–Crippen LogP) is 5.70. The second-order valence-corrected chi connectivity index (χ2v) is 6.47. The minimum absolute atomic E-state index is 0.111. The first-order valence-electron chi connectivity index (χ1n) is 8.58. The molecular weight excluding hydrogens is 282 g/mol. The molecule has 2 aromatic rings. The van der Waals surface area contributed by atoms with Crippen molar-refractivity contribution in [3.05, 3.63) is 59.2 Å². The first-order chi connectivity index (χ1) is 11.0. The second-order valence-electron chi connectivity index (χ2n) is 6.47. The van der Waals surface area contributed by atoms with E-state index in [9.17, 15) is 0 Å². The van der Waals surface area contributed by atoms with Gasteiger partial charge in [0.05, 0.1) is 6.54 Å². The molecule has 1 N–H and O–H groups in total. The SMILES string of the molecule is CCC(C)c1ccccc1OC(C)CNc1cc(C)ccc1C. The minimum atomic E-state index is 0.111. The maximum absolute atomic E-state index is 6.20. The molecule has 0 bridgehead atoms. The lowest BCUT2D eigenvalue weighted by Gasteiger charge is -2.21. The van der Waals surface area contributed by atoms with E-state index in [0.717, 1.165) is 18.7 Å². The average molecular weight is 311 g/mol. The summed E-state index contributed by atoms with van der Waals surface area (Å²) < 4.78 is 6.20. The highest BCUT2D eigenvalue weighted by molar-refractivity contribution is 5.52. The zero-order chi connectivity index (χ0) is 16.8. The summed E-state index contributed by atoms with van der Waals surface area (Å²) in [6.07, 6.45) is 1.23. The quantitative estimate of drug-likeness (QED) is 0.708. The standard InChI is InChI=1S/C21H29NO/c1-6-16(3)19-9-7-8-10-21(19)23-18(5)14-22-20-13-15(2)11-12-17(20)4/h7-13,16,18,22H,6,14H2,1-5H3. The Kier molecular flexibility index (Phi) is 6.09. The van der Waals surface area contributed by atoms with Crippen LogP contribution >= 0.6 is 0 Å². The molecule has 2 rings (SSSR count). The number of para-hydroxylation sites is 1. The van der Waals surface area contributed by atoms with Crippen LogP contribution in [0.25, 0.3) is 0 Å². The van der Waals surface area contributed by atoms with Crippen LogP contribution in [-0.4, -0.2) is 12.6 Å². The topological polar surface area (TPSA) is 21.3 Å². The summed E-state index contributed by atoms with van der Waals surface area (Å²) in [5.41, 5.74) is 5.03. The Hall–Kier alpha value is -1.96. The van der Waals surface area contributed by atoms with Crippen LogP contribution in [0.2, 0.25) is 0 Å². The molecule has 0 amide bonds. The molecule has 0 aliphatic carbocycles. The van der Waals surface area contributed by atoms with Gasteiger partial charge in [0.2, 0.25) is 0 Å². The molecule has 23 heavy (non-hydrogen) atoms. The lowest BCUT2D eigenvalue weighted by molar-refractivity contribution is 0.231. The van der Waals surface area contributed by atoms with E-state index in [1.165, 1.54) is 22.4 Å². The predicted molar refractivity (Wildman–Crippen MR) is 99.6 cm³/mol. The van der Waals surface area contributed by atoms with Gasteiger partial charge in [0.1, 0.15) is 11.9 Å². The molecule has 0 radical (unpaired) electrons. The number of anilines is 1. The average Bonchev–Trinajstić information content (AvgIpc) is 2.55. The summed E-state index contributed by atoms with van der Waals surface area (Å²) in [6, 6.07) is 14.9. The van der Waals surface area contributed by atoms with E-state index in [0.29, 0.717) is 5.92 Å². The lowest BCUT2D eigenvalue weighted by Crippen LogP contribution is -2.23. The highest BCUT2D eigenvalue weighted by Gasteiger charge is 2.12. The van der Waals surface area contributed by atoms with Crippen LogP contribution in [0.3, 0.4) is 0 Å². The smallest absolute Gasteiger partial charge is 0.123 e. The van der Waals surface area contributed by atoms with Gasteiger partial charge in [-0.25, -0.2) is 0 Å². The number of benzene rings is 2. The van der Waals surface area contributed by atoms with E-state index in [1.807, 2.05) is 6.07 Å². The van der Waals surface area contributed by atoms with E-state index >= 15 is 0 Å². The van der Waals surface area contributed by atoms with Gasteiger partial charge >= 0.3 is 0 Å². The molecule has 0 spiro atoms. The van der Waals surface area contributed by atoms with Crippen molar-refractivity contribution < 1.29 is 4.74 Å². The Morgan fingerprint density at radius 3 is 2.52 bits per heavy atom. The largest absolute Gasteiger partial charge is 0.489 e. The molecule has 0 saturated heterocycles. The molecular formula is C21H29NO. The van der Waals surface area contributed by atoms with Crippen LogP contribution in [0.5, 0.6) is 5.75 Å². The van der Waals surface area contributed by atoms with Gasteiger partial charge in [-0.1, -0.05) is 44.2 Å². The van der Waals surface area contributed by atoms with Gasteiger partial charge in [-0.3, -0.25) is 0 Å². The highest BCUT2D eigenvalue weighted by Crippen LogP contribution is 2.29. The van der Waals surface area contributed by atoms with Crippen LogP contribution in [0.15, 0.2) is 42.5 Å². The van der Waals surface area contributed by atoms with E-state index in [2.05, 4.69) is 76.3 Å². The van der Waals surface area contributed by atoms with Crippen molar-refractivity contribution in [2.45, 2.75) is 53.1 Å². The van der Waals surface area contributed by atoms with Crippen LogP contribution in [-0.2, 0) is 0 Å². The zero-order valence-corrected chi connectivity index (χ0v) is 15.0. The Morgan fingerprint density at radius 2 is 1.78 bits per heavy atom. The van der Waals surface area contributed by atoms with Gasteiger partial charge in [0.15, 0.2) is 0 Å². The molecule has 2 nitrogen and oxygen atoms in total. The fourth-order valence-corrected chi connectivity index (χ4v) is 2.65. The Labute approximate surface area is 140 Å². The van der Waals surface area contributed by atoms with Gasteiger partial charge in [0.25, 0.3) is 0 Å². The molecule has 0 saturated carbocycles. The van der Waals surface area contributed by atoms with Crippen molar-refractivity contribution in [1.29, 1.82) is 0 Å². The molecule has 2 heteroatoms. The van der Waals surface area contributed by atoms with Gasteiger partial charge in [0, 0.05) is 5.69 Å². The number of nitrogens with one attached hydrogen (secondary N) is 1. The van der Waals surface area contributed by atoms with Crippen LogP contribution < -0.4 is 10.1 Å². The normalized spacial score (nSPS) is 13.4. The summed E-state index contributed by atoms with van der Waals surface area (Å²) in [5.74, 6) is 1.53. The minimum Gasteiger partial charge on any atom is -0.489 e. The monoisotopic (exact) mass is 311 g/mol. The van der Waals surface area contributed by atoms with Gasteiger partial charge in [-0.05, 0) is 61.9 Å². The first kappa shape index (κ1) is 17.4. The van der Waals surface area contributed by atoms with Crippen molar-refractivity contribution in [3.63, 3.8) is 0 Å². The van der Waals surface area contributed by atoms with Gasteiger partial charge in [-0.2, -0.15) is 0 Å². The molecule has 0 heterocycles. The maximum atomic E-state index is 6.20. The summed E-state index contributed by atoms with van der Waals surface area (Å²) >= 11 is 0. The van der Waals surface area contributed by atoms with Crippen molar-refractivity contribution >= 4 is 5.69 Å². The third kappa shape index (κ3) is 4.75. The summed E-state index contributed by atoms with van der Waals surface area (Å²) in [7, 11) is 0. The number of rotatable bonds is 7. The van der Waals surface area contributed by atoms with E-state index < -0.39 is 0 Å². The Balaban J connectivity index is 2.00. The summed E-state index contributed by atoms with van der Waals surface area (Å²) in [5, 5.41) is 3.51. The van der Waals surface area contributed by atoms with Crippen molar-refractivity contribution in [3.8, 4) is 5.75 Å². The molecule has 0 fully saturated rings.